The molecule has 0 fully saturated rings. The van der Waals surface area contributed by atoms with E-state index in [9.17, 15) is 5.11 Å². The molecule has 1 unspecified atom stereocenters. The molecule has 0 aliphatic rings. The predicted molar refractivity (Wildman–Crippen MR) is 96.0 cm³/mol. The van der Waals surface area contributed by atoms with E-state index >= 15 is 0 Å². The highest BCUT2D eigenvalue weighted by Gasteiger charge is 2.05. The second-order valence-corrected chi connectivity index (χ2v) is 7.88. The molecule has 1 atom stereocenters. The molecule has 3 heteroatoms. The molecule has 0 aromatic rings. The lowest BCUT2D eigenvalue weighted by Crippen LogP contribution is -2.35. The highest BCUT2D eigenvalue weighted by molar-refractivity contribution is 4.54. The van der Waals surface area contributed by atoms with Crippen molar-refractivity contribution in [1.29, 1.82) is 0 Å². The van der Waals surface area contributed by atoms with Gasteiger partial charge in [0, 0.05) is 0 Å². The van der Waals surface area contributed by atoms with Gasteiger partial charge in [-0.2, -0.15) is 0 Å². The van der Waals surface area contributed by atoms with Crippen molar-refractivity contribution in [3.05, 3.63) is 0 Å². The highest BCUT2D eigenvalue weighted by Crippen LogP contribution is 2.13. The smallest absolute Gasteiger partial charge is 0.0780 e. The zero-order valence-corrected chi connectivity index (χ0v) is 15.5. The summed E-state index contributed by atoms with van der Waals surface area (Å²) in [5, 5.41) is 17.9. The molecular formula is C19H42NO2+. The van der Waals surface area contributed by atoms with E-state index in [-0.39, 0.29) is 6.61 Å². The van der Waals surface area contributed by atoms with E-state index in [2.05, 4.69) is 21.1 Å². The van der Waals surface area contributed by atoms with Crippen molar-refractivity contribution in [2.75, 3.05) is 34.3 Å². The minimum absolute atomic E-state index is 0.0880. The van der Waals surface area contributed by atoms with Gasteiger partial charge in [0.1, 0.15) is 0 Å². The number of hydrogen-bond acceptors (Lipinski definition) is 2. The van der Waals surface area contributed by atoms with Crippen molar-refractivity contribution in [1.82, 2.24) is 0 Å². The molecule has 0 saturated carbocycles. The van der Waals surface area contributed by atoms with Crippen LogP contribution in [-0.4, -0.2) is 55.1 Å². The maximum Gasteiger partial charge on any atom is 0.0780 e. The summed E-state index contributed by atoms with van der Waals surface area (Å²) in [6.07, 6.45) is 16.3. The zero-order valence-electron chi connectivity index (χ0n) is 15.5. The van der Waals surface area contributed by atoms with Gasteiger partial charge < -0.3 is 14.7 Å². The lowest BCUT2D eigenvalue weighted by molar-refractivity contribution is -0.870. The third-order valence-corrected chi connectivity index (χ3v) is 4.33. The molecule has 134 valence electrons. The lowest BCUT2D eigenvalue weighted by atomic mass is 10.0. The molecule has 0 rings (SSSR count). The van der Waals surface area contributed by atoms with Crippen molar-refractivity contribution in [2.45, 2.75) is 89.6 Å². The SMILES string of the molecule is C[N+](C)(C)CCCCCCCCCCCCCCC(O)CO. The molecule has 0 radical (unpaired) electrons. The van der Waals surface area contributed by atoms with Gasteiger partial charge in [0.25, 0.3) is 0 Å². The normalized spacial score (nSPS) is 13.5. The van der Waals surface area contributed by atoms with Gasteiger partial charge in [-0.3, -0.25) is 0 Å². The van der Waals surface area contributed by atoms with E-state index in [4.69, 9.17) is 5.11 Å². The van der Waals surface area contributed by atoms with Crippen LogP contribution in [0.15, 0.2) is 0 Å². The summed E-state index contributed by atoms with van der Waals surface area (Å²) in [4.78, 5) is 0. The Morgan fingerprint density at radius 3 is 1.36 bits per heavy atom. The van der Waals surface area contributed by atoms with Gasteiger partial charge >= 0.3 is 0 Å². The van der Waals surface area contributed by atoms with Crippen LogP contribution in [0.1, 0.15) is 83.5 Å². The average molecular weight is 317 g/mol. The first-order valence-corrected chi connectivity index (χ1v) is 9.55. The topological polar surface area (TPSA) is 40.5 Å². The quantitative estimate of drug-likeness (QED) is 0.332. The minimum Gasteiger partial charge on any atom is -0.394 e. The standard InChI is InChI=1S/C19H42NO2/c1-20(2,3)17-15-13-11-9-7-5-4-6-8-10-12-14-16-19(22)18-21/h19,21-22H,4-18H2,1-3H3/q+1. The summed E-state index contributed by atoms with van der Waals surface area (Å²) in [7, 11) is 6.82. The van der Waals surface area contributed by atoms with Crippen LogP contribution in [0.4, 0.5) is 0 Å². The van der Waals surface area contributed by atoms with Gasteiger partial charge in [0.2, 0.25) is 0 Å². The number of hydrogen-bond donors (Lipinski definition) is 2. The fraction of sp³-hybridized carbons (Fsp3) is 1.00. The first-order valence-electron chi connectivity index (χ1n) is 9.55. The molecule has 0 aliphatic heterocycles. The van der Waals surface area contributed by atoms with Gasteiger partial charge in [-0.1, -0.05) is 64.2 Å². The Balaban J connectivity index is 3.06. The van der Waals surface area contributed by atoms with Crippen LogP contribution in [0.25, 0.3) is 0 Å². The molecule has 3 nitrogen and oxygen atoms in total. The van der Waals surface area contributed by atoms with Gasteiger partial charge in [-0.05, 0) is 19.3 Å². The zero-order chi connectivity index (χ0) is 16.7. The van der Waals surface area contributed by atoms with E-state index < -0.39 is 6.10 Å². The Kier molecular flexibility index (Phi) is 14.4. The number of rotatable bonds is 16. The number of unbranched alkanes of at least 4 members (excludes halogenated alkanes) is 11. The van der Waals surface area contributed by atoms with Crippen LogP contribution in [0, 0.1) is 0 Å². The average Bonchev–Trinajstić information content (AvgIpc) is 2.46. The molecule has 0 aromatic heterocycles. The van der Waals surface area contributed by atoms with Crippen LogP contribution in [-0.2, 0) is 0 Å². The van der Waals surface area contributed by atoms with Gasteiger partial charge in [-0.15, -0.1) is 0 Å². The predicted octanol–water partition coefficient (Wildman–Crippen LogP) is 4.12. The number of quaternary nitrogens is 1. The Bertz CT molecular complexity index is 226. The van der Waals surface area contributed by atoms with Gasteiger partial charge in [-0.25, -0.2) is 0 Å². The highest BCUT2D eigenvalue weighted by atomic mass is 16.3. The molecule has 0 spiro atoms. The van der Waals surface area contributed by atoms with Crippen molar-refractivity contribution >= 4 is 0 Å². The Hall–Kier alpha value is -0.120. The molecule has 22 heavy (non-hydrogen) atoms. The molecule has 0 aromatic carbocycles. The third-order valence-electron chi connectivity index (χ3n) is 4.33. The lowest BCUT2D eigenvalue weighted by Gasteiger charge is -2.23. The molecular weight excluding hydrogens is 274 g/mol. The van der Waals surface area contributed by atoms with Crippen LogP contribution in [0.3, 0.4) is 0 Å². The maximum atomic E-state index is 9.22. The minimum atomic E-state index is -0.498. The number of aliphatic hydroxyl groups is 2. The first kappa shape index (κ1) is 21.9. The second kappa shape index (κ2) is 14.5. The summed E-state index contributed by atoms with van der Waals surface area (Å²) >= 11 is 0. The third kappa shape index (κ3) is 17.9. The molecule has 2 N–H and O–H groups in total. The van der Waals surface area contributed by atoms with Crippen molar-refractivity contribution in [2.24, 2.45) is 0 Å². The van der Waals surface area contributed by atoms with Crippen LogP contribution in [0.2, 0.25) is 0 Å². The van der Waals surface area contributed by atoms with Crippen molar-refractivity contribution < 1.29 is 14.7 Å². The molecule has 0 aliphatic carbocycles. The Morgan fingerprint density at radius 2 is 1.00 bits per heavy atom. The first-order chi connectivity index (χ1) is 10.5. The summed E-state index contributed by atoms with van der Waals surface area (Å²) < 4.78 is 1.10. The van der Waals surface area contributed by atoms with Gasteiger partial charge in [0.05, 0.1) is 40.4 Å². The molecule has 0 heterocycles. The van der Waals surface area contributed by atoms with Gasteiger partial charge in [0.15, 0.2) is 0 Å². The van der Waals surface area contributed by atoms with E-state index in [1.165, 1.54) is 77.2 Å². The van der Waals surface area contributed by atoms with Crippen LogP contribution >= 0.6 is 0 Å². The summed E-state index contributed by atoms with van der Waals surface area (Å²) in [5.74, 6) is 0. The van der Waals surface area contributed by atoms with E-state index in [0.29, 0.717) is 0 Å². The molecule has 0 amide bonds. The van der Waals surface area contributed by atoms with E-state index in [1.807, 2.05) is 0 Å². The van der Waals surface area contributed by atoms with E-state index in [1.54, 1.807) is 0 Å². The number of nitrogens with zero attached hydrogens (tertiary/aromatic N) is 1. The van der Waals surface area contributed by atoms with Crippen molar-refractivity contribution in [3.8, 4) is 0 Å². The fourth-order valence-corrected chi connectivity index (χ4v) is 2.83. The summed E-state index contributed by atoms with van der Waals surface area (Å²) in [6, 6.07) is 0. The summed E-state index contributed by atoms with van der Waals surface area (Å²) in [5.41, 5.74) is 0. The van der Waals surface area contributed by atoms with Crippen LogP contribution in [0.5, 0.6) is 0 Å². The van der Waals surface area contributed by atoms with Crippen LogP contribution < -0.4 is 0 Å². The fourth-order valence-electron chi connectivity index (χ4n) is 2.83. The Labute approximate surface area is 139 Å². The summed E-state index contributed by atoms with van der Waals surface area (Å²) in [6.45, 7) is 1.21. The Morgan fingerprint density at radius 1 is 0.636 bits per heavy atom. The monoisotopic (exact) mass is 316 g/mol. The molecule has 0 saturated heterocycles. The number of aliphatic hydroxyl groups excluding tert-OH is 2. The second-order valence-electron chi connectivity index (χ2n) is 7.88. The van der Waals surface area contributed by atoms with E-state index in [0.717, 1.165) is 17.3 Å². The molecule has 0 bridgehead atoms. The maximum absolute atomic E-state index is 9.22. The van der Waals surface area contributed by atoms with Crippen molar-refractivity contribution in [3.63, 3.8) is 0 Å². The largest absolute Gasteiger partial charge is 0.394 e.